The zero-order valence-electron chi connectivity index (χ0n) is 12.8. The van der Waals surface area contributed by atoms with Crippen LogP contribution in [-0.4, -0.2) is 17.6 Å². The Bertz CT molecular complexity index is 641. The zero-order chi connectivity index (χ0) is 16.8. The van der Waals surface area contributed by atoms with Crippen molar-refractivity contribution in [1.29, 1.82) is 0 Å². The van der Waals surface area contributed by atoms with Crippen molar-refractivity contribution >= 4 is 5.91 Å². The summed E-state index contributed by atoms with van der Waals surface area (Å²) < 4.78 is 27.6. The minimum atomic E-state index is -0.971. The van der Waals surface area contributed by atoms with Gasteiger partial charge in [-0.25, -0.2) is 8.78 Å². The molecule has 2 rings (SSSR count). The van der Waals surface area contributed by atoms with E-state index in [4.69, 9.17) is 0 Å². The van der Waals surface area contributed by atoms with Crippen LogP contribution in [0.25, 0.3) is 0 Å². The summed E-state index contributed by atoms with van der Waals surface area (Å²) in [6, 6.07) is 12.3. The molecule has 0 aliphatic rings. The van der Waals surface area contributed by atoms with Crippen LogP contribution in [0.3, 0.4) is 0 Å². The molecule has 0 spiro atoms. The smallest absolute Gasteiger partial charge is 0.227 e. The Kier molecular flexibility index (Phi) is 5.82. The zero-order valence-corrected chi connectivity index (χ0v) is 12.8. The molecule has 0 heterocycles. The maximum absolute atomic E-state index is 13.8. The summed E-state index contributed by atoms with van der Waals surface area (Å²) in [5.41, 5.74) is 0.580. The average Bonchev–Trinajstić information content (AvgIpc) is 2.55. The van der Waals surface area contributed by atoms with E-state index >= 15 is 0 Å². The van der Waals surface area contributed by atoms with Crippen molar-refractivity contribution < 1.29 is 18.7 Å². The second-order valence-electron chi connectivity index (χ2n) is 5.34. The number of carbonyl (C=O) groups is 1. The van der Waals surface area contributed by atoms with Gasteiger partial charge in [0.2, 0.25) is 5.91 Å². The molecular weight excluding hydrogens is 300 g/mol. The van der Waals surface area contributed by atoms with Crippen LogP contribution in [-0.2, 0) is 4.79 Å². The second-order valence-corrected chi connectivity index (χ2v) is 5.34. The summed E-state index contributed by atoms with van der Waals surface area (Å²) in [7, 11) is 0. The van der Waals surface area contributed by atoms with Crippen molar-refractivity contribution in [3.8, 4) is 0 Å². The van der Waals surface area contributed by atoms with E-state index < -0.39 is 29.5 Å². The van der Waals surface area contributed by atoms with Gasteiger partial charge in [-0.05, 0) is 31.0 Å². The van der Waals surface area contributed by atoms with E-state index in [0.717, 1.165) is 17.7 Å². The fourth-order valence-electron chi connectivity index (χ4n) is 2.49. The predicted octanol–water partition coefficient (Wildman–Crippen LogP) is 3.31. The lowest BCUT2D eigenvalue weighted by Gasteiger charge is -2.21. The number of benzene rings is 2. The first kappa shape index (κ1) is 17.1. The van der Waals surface area contributed by atoms with Gasteiger partial charge in [-0.2, -0.15) is 0 Å². The molecule has 122 valence electrons. The maximum Gasteiger partial charge on any atom is 0.227 e. The minimum Gasteiger partial charge on any atom is -0.396 e. The molecule has 23 heavy (non-hydrogen) atoms. The van der Waals surface area contributed by atoms with Crippen molar-refractivity contribution in [3.63, 3.8) is 0 Å². The van der Waals surface area contributed by atoms with Crippen LogP contribution in [0.2, 0.25) is 0 Å². The summed E-state index contributed by atoms with van der Waals surface area (Å²) >= 11 is 0. The van der Waals surface area contributed by atoms with Crippen LogP contribution in [0.15, 0.2) is 48.5 Å². The van der Waals surface area contributed by atoms with Gasteiger partial charge >= 0.3 is 0 Å². The largest absolute Gasteiger partial charge is 0.396 e. The van der Waals surface area contributed by atoms with Crippen LogP contribution in [0.4, 0.5) is 8.78 Å². The molecule has 0 fully saturated rings. The minimum absolute atomic E-state index is 0.109. The first-order chi connectivity index (χ1) is 11.0. The van der Waals surface area contributed by atoms with Gasteiger partial charge in [0.1, 0.15) is 11.6 Å². The molecule has 0 aliphatic carbocycles. The summed E-state index contributed by atoms with van der Waals surface area (Å²) in [5.74, 6) is -2.95. The molecule has 0 aromatic heterocycles. The number of aliphatic hydroxyl groups excluding tert-OH is 1. The number of carbonyl (C=O) groups excluding carboxylic acids is 1. The highest BCUT2D eigenvalue weighted by Gasteiger charge is 2.24. The van der Waals surface area contributed by atoms with Gasteiger partial charge in [0.15, 0.2) is 0 Å². The number of rotatable bonds is 6. The number of halogens is 2. The second kappa shape index (κ2) is 7.83. The van der Waals surface area contributed by atoms with Gasteiger partial charge in [0.05, 0.1) is 12.0 Å². The number of amides is 1. The number of hydrogen-bond donors (Lipinski definition) is 2. The topological polar surface area (TPSA) is 49.3 Å². The normalized spacial score (nSPS) is 13.4. The maximum atomic E-state index is 13.8. The van der Waals surface area contributed by atoms with Crippen LogP contribution in [0, 0.1) is 11.6 Å². The first-order valence-electron chi connectivity index (χ1n) is 7.44. The van der Waals surface area contributed by atoms with E-state index in [9.17, 15) is 18.7 Å². The third-order valence-electron chi connectivity index (χ3n) is 3.76. The Morgan fingerprint density at radius 2 is 1.70 bits per heavy atom. The molecule has 5 heteroatoms. The first-order valence-corrected chi connectivity index (χ1v) is 7.44. The van der Waals surface area contributed by atoms with Crippen molar-refractivity contribution in [2.75, 3.05) is 6.61 Å². The molecule has 0 saturated heterocycles. The third kappa shape index (κ3) is 4.13. The van der Waals surface area contributed by atoms with Gasteiger partial charge in [-0.3, -0.25) is 4.79 Å². The van der Waals surface area contributed by atoms with E-state index in [0.29, 0.717) is 6.42 Å². The number of nitrogens with one attached hydrogen (secondary N) is 1. The number of hydrogen-bond acceptors (Lipinski definition) is 2. The molecule has 0 saturated carbocycles. The highest BCUT2D eigenvalue weighted by Crippen LogP contribution is 2.24. The Balaban J connectivity index is 2.18. The summed E-state index contributed by atoms with van der Waals surface area (Å²) in [5, 5.41) is 11.9. The molecule has 2 N–H and O–H groups in total. The summed E-state index contributed by atoms with van der Waals surface area (Å²) in [6.45, 7) is 1.35. The molecule has 0 aliphatic heterocycles. The van der Waals surface area contributed by atoms with Crippen molar-refractivity contribution in [2.24, 2.45) is 0 Å². The van der Waals surface area contributed by atoms with E-state index in [2.05, 4.69) is 5.32 Å². The quantitative estimate of drug-likeness (QED) is 0.858. The standard InChI is InChI=1S/C18H19F2NO2/c1-12(17-14(19)8-5-9-15(17)20)18(23)21-16(10-11-22)13-6-3-2-4-7-13/h2-9,12,16,22H,10-11H2,1H3,(H,21,23). The molecule has 0 bridgehead atoms. The summed E-state index contributed by atoms with van der Waals surface area (Å²) in [4.78, 5) is 12.4. The molecule has 2 atom stereocenters. The van der Waals surface area contributed by atoms with E-state index in [1.165, 1.54) is 13.0 Å². The molecule has 2 unspecified atom stereocenters. The molecular formula is C18H19F2NO2. The monoisotopic (exact) mass is 319 g/mol. The van der Waals surface area contributed by atoms with Gasteiger partial charge in [-0.1, -0.05) is 36.4 Å². The van der Waals surface area contributed by atoms with Crippen molar-refractivity contribution in [1.82, 2.24) is 5.32 Å². The predicted molar refractivity (Wildman–Crippen MR) is 83.8 cm³/mol. The Morgan fingerprint density at radius 1 is 1.09 bits per heavy atom. The lowest BCUT2D eigenvalue weighted by Crippen LogP contribution is -2.33. The molecule has 0 radical (unpaired) electrons. The van der Waals surface area contributed by atoms with Crippen molar-refractivity contribution in [2.45, 2.75) is 25.3 Å². The third-order valence-corrected chi connectivity index (χ3v) is 3.76. The van der Waals surface area contributed by atoms with Gasteiger partial charge in [0.25, 0.3) is 0 Å². The van der Waals surface area contributed by atoms with Gasteiger partial charge in [0, 0.05) is 12.2 Å². The highest BCUT2D eigenvalue weighted by atomic mass is 19.1. The van der Waals surface area contributed by atoms with Crippen LogP contribution in [0.5, 0.6) is 0 Å². The molecule has 2 aromatic carbocycles. The molecule has 1 amide bonds. The lowest BCUT2D eigenvalue weighted by atomic mass is 9.97. The Morgan fingerprint density at radius 3 is 2.26 bits per heavy atom. The van der Waals surface area contributed by atoms with Crippen molar-refractivity contribution in [3.05, 3.63) is 71.3 Å². The average molecular weight is 319 g/mol. The summed E-state index contributed by atoms with van der Waals surface area (Å²) in [6.07, 6.45) is 0.322. The Hall–Kier alpha value is -2.27. The fraction of sp³-hybridized carbons (Fsp3) is 0.278. The van der Waals surface area contributed by atoms with Crippen LogP contribution >= 0.6 is 0 Å². The van der Waals surface area contributed by atoms with E-state index in [-0.39, 0.29) is 12.2 Å². The van der Waals surface area contributed by atoms with E-state index in [1.54, 1.807) is 0 Å². The highest BCUT2D eigenvalue weighted by molar-refractivity contribution is 5.83. The SMILES string of the molecule is CC(C(=O)NC(CCO)c1ccccc1)c1c(F)cccc1F. The van der Waals surface area contributed by atoms with Gasteiger partial charge < -0.3 is 10.4 Å². The van der Waals surface area contributed by atoms with Crippen LogP contribution < -0.4 is 5.32 Å². The lowest BCUT2D eigenvalue weighted by molar-refractivity contribution is -0.123. The molecule has 2 aromatic rings. The molecule has 3 nitrogen and oxygen atoms in total. The Labute approximate surface area is 134 Å². The fourth-order valence-corrected chi connectivity index (χ4v) is 2.49. The van der Waals surface area contributed by atoms with E-state index in [1.807, 2.05) is 30.3 Å². The number of aliphatic hydroxyl groups is 1. The van der Waals surface area contributed by atoms with Crippen LogP contribution in [0.1, 0.15) is 36.4 Å². The van der Waals surface area contributed by atoms with Gasteiger partial charge in [-0.15, -0.1) is 0 Å².